The highest BCUT2D eigenvalue weighted by molar-refractivity contribution is 6.68. The van der Waals surface area contributed by atoms with Crippen LogP contribution in [0.4, 0.5) is 8.78 Å². The first-order valence-corrected chi connectivity index (χ1v) is 4.09. The number of alkyl halides is 2. The number of H-pyrrole nitrogens is 1. The van der Waals surface area contributed by atoms with Crippen molar-refractivity contribution in [2.75, 3.05) is 0 Å². The molecule has 0 atom stereocenters. The Hall–Kier alpha value is -0.940. The number of carbonyl (C=O) groups is 1. The van der Waals surface area contributed by atoms with E-state index < -0.39 is 33.5 Å². The minimum Gasteiger partial charge on any atom is -0.320 e. The number of rotatable bonds is 2. The van der Waals surface area contributed by atoms with Crippen LogP contribution in [0.3, 0.4) is 0 Å². The lowest BCUT2D eigenvalue weighted by Gasteiger charge is -2.04. The maximum Gasteiger partial charge on any atom is 0.279 e. The minimum atomic E-state index is -2.97. The third kappa shape index (κ3) is 2.10. The summed E-state index contributed by atoms with van der Waals surface area (Å²) in [5.74, 6) is 0. The summed E-state index contributed by atoms with van der Waals surface area (Å²) in [6, 6.07) is 0.767. The first-order valence-electron chi connectivity index (χ1n) is 3.34. The third-order valence-electron chi connectivity index (χ3n) is 1.44. The highest BCUT2D eigenvalue weighted by Gasteiger charge is 2.19. The molecule has 3 nitrogen and oxygen atoms in total. The Labute approximate surface area is 86.6 Å². The molecule has 0 bridgehead atoms. The van der Waals surface area contributed by atoms with Crippen LogP contribution in [0.5, 0.6) is 0 Å². The van der Waals surface area contributed by atoms with Crippen molar-refractivity contribution in [3.05, 3.63) is 32.7 Å². The van der Waals surface area contributed by atoms with Crippen molar-refractivity contribution >= 4 is 28.4 Å². The maximum atomic E-state index is 12.2. The van der Waals surface area contributed by atoms with Crippen LogP contribution in [-0.4, -0.2) is 10.2 Å². The van der Waals surface area contributed by atoms with Crippen LogP contribution in [-0.2, 0) is 0 Å². The largest absolute Gasteiger partial charge is 0.320 e. The molecule has 1 heterocycles. The molecule has 7 heteroatoms. The van der Waals surface area contributed by atoms with E-state index in [1.165, 1.54) is 0 Å². The molecule has 1 N–H and O–H groups in total. The van der Waals surface area contributed by atoms with Crippen LogP contribution >= 0.6 is 23.2 Å². The van der Waals surface area contributed by atoms with Gasteiger partial charge in [-0.1, -0.05) is 11.6 Å². The van der Waals surface area contributed by atoms with Crippen LogP contribution in [0.2, 0.25) is 5.02 Å². The molecule has 0 aliphatic carbocycles. The van der Waals surface area contributed by atoms with Gasteiger partial charge in [0.25, 0.3) is 11.7 Å². The Balaban J connectivity index is 3.48. The molecule has 0 aliphatic rings. The Morgan fingerprint density at radius 2 is 2.07 bits per heavy atom. The second kappa shape index (κ2) is 4.06. The average Bonchev–Trinajstić information content (AvgIpc) is 2.07. The highest BCUT2D eigenvalue weighted by atomic mass is 35.5. The molecule has 0 aliphatic heterocycles. The van der Waals surface area contributed by atoms with Gasteiger partial charge < -0.3 is 4.98 Å². The van der Waals surface area contributed by atoms with Crippen molar-refractivity contribution in [1.82, 2.24) is 4.98 Å². The van der Waals surface area contributed by atoms with E-state index in [1.807, 2.05) is 4.98 Å². The zero-order valence-corrected chi connectivity index (χ0v) is 7.99. The lowest BCUT2D eigenvalue weighted by molar-refractivity contribution is 0.108. The van der Waals surface area contributed by atoms with Crippen molar-refractivity contribution in [1.29, 1.82) is 0 Å². The highest BCUT2D eigenvalue weighted by Crippen LogP contribution is 2.27. The number of hydrogen-bond acceptors (Lipinski definition) is 2. The Bertz CT molecular complexity index is 430. The van der Waals surface area contributed by atoms with Crippen molar-refractivity contribution in [3.8, 4) is 0 Å². The molecule has 0 saturated carbocycles. The van der Waals surface area contributed by atoms with E-state index >= 15 is 0 Å². The monoisotopic (exact) mass is 241 g/mol. The second-order valence-electron chi connectivity index (χ2n) is 2.35. The van der Waals surface area contributed by atoms with Crippen molar-refractivity contribution in [2.45, 2.75) is 6.43 Å². The van der Waals surface area contributed by atoms with Crippen LogP contribution in [0.1, 0.15) is 22.5 Å². The smallest absolute Gasteiger partial charge is 0.279 e. The Morgan fingerprint density at radius 1 is 1.50 bits per heavy atom. The number of pyridine rings is 1. The normalized spacial score (nSPS) is 10.6. The first kappa shape index (κ1) is 11.1. The molecule has 0 amide bonds. The molecular formula is C7H3Cl2F2NO2. The zero-order chi connectivity index (χ0) is 10.9. The predicted octanol–water partition coefficient (Wildman–Crippen LogP) is 2.34. The molecule has 14 heavy (non-hydrogen) atoms. The van der Waals surface area contributed by atoms with Crippen molar-refractivity contribution in [3.63, 3.8) is 0 Å². The quantitative estimate of drug-likeness (QED) is 0.809. The summed E-state index contributed by atoms with van der Waals surface area (Å²) < 4.78 is 24.5. The Kier molecular flexibility index (Phi) is 3.23. The van der Waals surface area contributed by atoms with Gasteiger partial charge in [0.05, 0.1) is 10.6 Å². The Morgan fingerprint density at radius 3 is 2.50 bits per heavy atom. The molecule has 0 aromatic carbocycles. The van der Waals surface area contributed by atoms with E-state index in [-0.39, 0.29) is 0 Å². The maximum absolute atomic E-state index is 12.2. The standard InChI is InChI=1S/C7H3Cl2F2NO2/c8-4-2(6(9)14)1-3(13)12-5(4)7(10)11/h1,7H,(H,12,13). The average molecular weight is 242 g/mol. The molecule has 0 fully saturated rings. The van der Waals surface area contributed by atoms with Gasteiger partial charge in [0, 0.05) is 6.07 Å². The fraction of sp³-hybridized carbons (Fsp3) is 0.143. The lowest BCUT2D eigenvalue weighted by atomic mass is 10.2. The summed E-state index contributed by atoms with van der Waals surface area (Å²) >= 11 is 10.5. The van der Waals surface area contributed by atoms with Crippen LogP contribution in [0.25, 0.3) is 0 Å². The van der Waals surface area contributed by atoms with Crippen molar-refractivity contribution < 1.29 is 13.6 Å². The van der Waals surface area contributed by atoms with Gasteiger partial charge in [-0.15, -0.1) is 0 Å². The molecule has 0 saturated heterocycles. The third-order valence-corrected chi connectivity index (χ3v) is 2.05. The summed E-state index contributed by atoms with van der Waals surface area (Å²) in [5, 5.41) is -1.58. The molecule has 1 rings (SSSR count). The second-order valence-corrected chi connectivity index (χ2v) is 3.07. The fourth-order valence-corrected chi connectivity index (χ4v) is 1.32. The number of hydrogen-bond donors (Lipinski definition) is 1. The molecular weight excluding hydrogens is 239 g/mol. The summed E-state index contributed by atoms with van der Waals surface area (Å²) in [6.07, 6.45) is -2.97. The summed E-state index contributed by atoms with van der Waals surface area (Å²) in [4.78, 5) is 23.3. The van der Waals surface area contributed by atoms with E-state index in [2.05, 4.69) is 0 Å². The number of carbonyl (C=O) groups excluding carboxylic acids is 1. The summed E-state index contributed by atoms with van der Waals surface area (Å²) in [6.45, 7) is 0. The SMILES string of the molecule is O=C(Cl)c1cc(=O)[nH]c(C(F)F)c1Cl. The fourth-order valence-electron chi connectivity index (χ4n) is 0.857. The van der Waals surface area contributed by atoms with Crippen molar-refractivity contribution in [2.24, 2.45) is 0 Å². The van der Waals surface area contributed by atoms with Crippen LogP contribution in [0.15, 0.2) is 10.9 Å². The molecule has 0 unspecified atom stereocenters. The minimum absolute atomic E-state index is 0.424. The molecule has 1 aromatic rings. The van der Waals surface area contributed by atoms with Gasteiger partial charge in [0.1, 0.15) is 5.69 Å². The van der Waals surface area contributed by atoms with Crippen LogP contribution < -0.4 is 5.56 Å². The summed E-state index contributed by atoms with van der Waals surface area (Å²) in [7, 11) is 0. The first-order chi connectivity index (χ1) is 6.43. The van der Waals surface area contributed by atoms with E-state index in [1.54, 1.807) is 0 Å². The van der Waals surface area contributed by atoms with Gasteiger partial charge >= 0.3 is 0 Å². The summed E-state index contributed by atoms with van der Waals surface area (Å²) in [5.41, 5.74) is -2.08. The topological polar surface area (TPSA) is 49.9 Å². The molecule has 1 aromatic heterocycles. The van der Waals surface area contributed by atoms with E-state index in [4.69, 9.17) is 23.2 Å². The number of nitrogens with one attached hydrogen (secondary N) is 1. The molecule has 0 spiro atoms. The van der Waals surface area contributed by atoms with Gasteiger partial charge in [-0.25, -0.2) is 8.78 Å². The predicted molar refractivity (Wildman–Crippen MR) is 47.2 cm³/mol. The number of halogens is 4. The number of aromatic amines is 1. The lowest BCUT2D eigenvalue weighted by Crippen LogP contribution is -2.12. The van der Waals surface area contributed by atoms with Gasteiger partial charge in [0.2, 0.25) is 5.56 Å². The van der Waals surface area contributed by atoms with E-state index in [0.29, 0.717) is 0 Å². The van der Waals surface area contributed by atoms with Gasteiger partial charge in [-0.2, -0.15) is 0 Å². The van der Waals surface area contributed by atoms with Crippen LogP contribution in [0, 0.1) is 0 Å². The molecule has 76 valence electrons. The van der Waals surface area contributed by atoms with E-state index in [0.717, 1.165) is 6.07 Å². The van der Waals surface area contributed by atoms with Gasteiger partial charge in [0.15, 0.2) is 0 Å². The molecule has 0 radical (unpaired) electrons. The van der Waals surface area contributed by atoms with Gasteiger partial charge in [-0.05, 0) is 11.6 Å². The zero-order valence-electron chi connectivity index (χ0n) is 6.48. The van der Waals surface area contributed by atoms with Gasteiger partial charge in [-0.3, -0.25) is 9.59 Å². The van der Waals surface area contributed by atoms with E-state index in [9.17, 15) is 18.4 Å². The number of aromatic nitrogens is 1.